The zero-order valence-electron chi connectivity index (χ0n) is 17.5. The van der Waals surface area contributed by atoms with Crippen LogP contribution in [0.4, 0.5) is 0 Å². The van der Waals surface area contributed by atoms with Crippen LogP contribution in [0.3, 0.4) is 0 Å². The van der Waals surface area contributed by atoms with Crippen LogP contribution in [0.2, 0.25) is 0 Å². The zero-order chi connectivity index (χ0) is 18.8. The molecule has 0 amide bonds. The molecule has 2 rings (SSSR count). The van der Waals surface area contributed by atoms with Crippen molar-refractivity contribution in [1.29, 1.82) is 0 Å². The lowest BCUT2D eigenvalue weighted by molar-refractivity contribution is 0.190. The van der Waals surface area contributed by atoms with Crippen LogP contribution in [0.5, 0.6) is 0 Å². The molecule has 1 aromatic rings. The normalized spacial score (nSPS) is 15.9. The van der Waals surface area contributed by atoms with E-state index in [1.54, 1.807) is 0 Å². The van der Waals surface area contributed by atoms with Crippen LogP contribution in [-0.4, -0.2) is 48.7 Å². The highest BCUT2D eigenvalue weighted by atomic mass is 127. The Bertz CT molecular complexity index is 540. The molecule has 27 heavy (non-hydrogen) atoms. The molecule has 1 heterocycles. The van der Waals surface area contributed by atoms with E-state index in [2.05, 4.69) is 53.5 Å². The van der Waals surface area contributed by atoms with Gasteiger partial charge in [0.25, 0.3) is 0 Å². The SMILES string of the molecule is CCNC(=NCc1cc(C(C)C)no1)NCCCN(C)C1CCCCC1.I. The van der Waals surface area contributed by atoms with E-state index in [9.17, 15) is 0 Å². The maximum atomic E-state index is 5.36. The van der Waals surface area contributed by atoms with Crippen LogP contribution < -0.4 is 10.6 Å². The van der Waals surface area contributed by atoms with Gasteiger partial charge in [-0.2, -0.15) is 0 Å². The van der Waals surface area contributed by atoms with Gasteiger partial charge in [-0.25, -0.2) is 4.99 Å². The van der Waals surface area contributed by atoms with Crippen molar-refractivity contribution >= 4 is 29.9 Å². The number of aromatic nitrogens is 1. The topological polar surface area (TPSA) is 65.7 Å². The molecule has 0 spiro atoms. The van der Waals surface area contributed by atoms with Crippen molar-refractivity contribution in [2.45, 2.75) is 77.8 Å². The van der Waals surface area contributed by atoms with E-state index in [-0.39, 0.29) is 24.0 Å². The summed E-state index contributed by atoms with van der Waals surface area (Å²) in [5.41, 5.74) is 0.985. The summed E-state index contributed by atoms with van der Waals surface area (Å²) in [4.78, 5) is 7.14. The van der Waals surface area contributed by atoms with Crippen LogP contribution in [0.15, 0.2) is 15.6 Å². The van der Waals surface area contributed by atoms with Gasteiger partial charge in [0.15, 0.2) is 11.7 Å². The molecule has 0 aromatic carbocycles. The van der Waals surface area contributed by atoms with Gasteiger partial charge in [0, 0.05) is 25.2 Å². The highest BCUT2D eigenvalue weighted by molar-refractivity contribution is 14.0. The quantitative estimate of drug-likeness (QED) is 0.236. The first-order valence-electron chi connectivity index (χ1n) is 10.3. The number of nitrogens with one attached hydrogen (secondary N) is 2. The lowest BCUT2D eigenvalue weighted by atomic mass is 9.94. The molecule has 2 N–H and O–H groups in total. The fourth-order valence-electron chi connectivity index (χ4n) is 3.41. The molecule has 0 aliphatic heterocycles. The largest absolute Gasteiger partial charge is 0.359 e. The minimum absolute atomic E-state index is 0. The molecule has 1 fully saturated rings. The van der Waals surface area contributed by atoms with Crippen molar-refractivity contribution in [1.82, 2.24) is 20.7 Å². The van der Waals surface area contributed by atoms with E-state index < -0.39 is 0 Å². The van der Waals surface area contributed by atoms with Crippen molar-refractivity contribution in [3.05, 3.63) is 17.5 Å². The number of hydrogen-bond acceptors (Lipinski definition) is 4. The van der Waals surface area contributed by atoms with Crippen LogP contribution in [0, 0.1) is 0 Å². The van der Waals surface area contributed by atoms with Crippen molar-refractivity contribution in [2.24, 2.45) is 4.99 Å². The van der Waals surface area contributed by atoms with E-state index in [0.29, 0.717) is 12.5 Å². The number of guanidine groups is 1. The third-order valence-electron chi connectivity index (χ3n) is 5.08. The first kappa shape index (κ1) is 24.2. The number of rotatable bonds is 9. The van der Waals surface area contributed by atoms with Crippen molar-refractivity contribution < 1.29 is 4.52 Å². The van der Waals surface area contributed by atoms with Crippen LogP contribution in [0.1, 0.15) is 76.7 Å². The van der Waals surface area contributed by atoms with Crippen molar-refractivity contribution in [3.63, 3.8) is 0 Å². The van der Waals surface area contributed by atoms with Gasteiger partial charge in [-0.05, 0) is 45.7 Å². The lowest BCUT2D eigenvalue weighted by Crippen LogP contribution is -2.39. The second-order valence-electron chi connectivity index (χ2n) is 7.62. The minimum atomic E-state index is 0. The van der Waals surface area contributed by atoms with E-state index in [4.69, 9.17) is 4.52 Å². The Hall–Kier alpha value is -0.830. The fourth-order valence-corrected chi connectivity index (χ4v) is 3.41. The number of hydrogen-bond donors (Lipinski definition) is 2. The zero-order valence-corrected chi connectivity index (χ0v) is 19.8. The smallest absolute Gasteiger partial charge is 0.191 e. The Kier molecular flexibility index (Phi) is 12.0. The van der Waals surface area contributed by atoms with Gasteiger partial charge < -0.3 is 20.1 Å². The standard InChI is InChI=1S/C20H37N5O.HI/c1-5-21-20(23-15-18-14-19(16(2)3)24-26-18)22-12-9-13-25(4)17-10-7-6-8-11-17;/h14,16-17H,5-13,15H2,1-4H3,(H2,21,22,23);1H. The van der Waals surface area contributed by atoms with Gasteiger partial charge in [0.1, 0.15) is 6.54 Å². The van der Waals surface area contributed by atoms with E-state index in [0.717, 1.165) is 49.5 Å². The maximum absolute atomic E-state index is 5.36. The average molecular weight is 491 g/mol. The van der Waals surface area contributed by atoms with E-state index in [1.165, 1.54) is 32.1 Å². The van der Waals surface area contributed by atoms with E-state index in [1.807, 2.05) is 6.07 Å². The maximum Gasteiger partial charge on any atom is 0.191 e. The van der Waals surface area contributed by atoms with Crippen LogP contribution in [0.25, 0.3) is 0 Å². The summed E-state index contributed by atoms with van der Waals surface area (Å²) in [5.74, 6) is 2.03. The predicted molar refractivity (Wildman–Crippen MR) is 123 cm³/mol. The summed E-state index contributed by atoms with van der Waals surface area (Å²) in [6.45, 7) is 9.73. The average Bonchev–Trinajstić information content (AvgIpc) is 3.13. The Morgan fingerprint density at radius 1 is 1.30 bits per heavy atom. The van der Waals surface area contributed by atoms with Crippen molar-refractivity contribution in [3.8, 4) is 0 Å². The molecule has 0 radical (unpaired) electrons. The summed E-state index contributed by atoms with van der Waals surface area (Å²) in [6.07, 6.45) is 8.05. The summed E-state index contributed by atoms with van der Waals surface area (Å²) in [7, 11) is 2.27. The van der Waals surface area contributed by atoms with Crippen LogP contribution >= 0.6 is 24.0 Å². The second kappa shape index (κ2) is 13.4. The summed E-state index contributed by atoms with van der Waals surface area (Å²) >= 11 is 0. The predicted octanol–water partition coefficient (Wildman–Crippen LogP) is 4.13. The van der Waals surface area contributed by atoms with Crippen molar-refractivity contribution in [2.75, 3.05) is 26.7 Å². The summed E-state index contributed by atoms with van der Waals surface area (Å²) in [5, 5.41) is 10.8. The molecule has 0 bridgehead atoms. The Morgan fingerprint density at radius 3 is 2.67 bits per heavy atom. The third-order valence-corrected chi connectivity index (χ3v) is 5.08. The molecule has 6 nitrogen and oxygen atoms in total. The molecule has 7 heteroatoms. The highest BCUT2D eigenvalue weighted by Crippen LogP contribution is 2.21. The monoisotopic (exact) mass is 491 g/mol. The van der Waals surface area contributed by atoms with Gasteiger partial charge >= 0.3 is 0 Å². The molecule has 156 valence electrons. The first-order valence-corrected chi connectivity index (χ1v) is 10.3. The molecule has 1 aliphatic carbocycles. The minimum Gasteiger partial charge on any atom is -0.359 e. The molecule has 1 aliphatic rings. The molecular weight excluding hydrogens is 453 g/mol. The van der Waals surface area contributed by atoms with Gasteiger partial charge in [-0.15, -0.1) is 24.0 Å². The van der Waals surface area contributed by atoms with Crippen LogP contribution in [-0.2, 0) is 6.54 Å². The van der Waals surface area contributed by atoms with E-state index >= 15 is 0 Å². The molecular formula is C20H38IN5O. The molecule has 0 atom stereocenters. The Labute approximate surface area is 181 Å². The lowest BCUT2D eigenvalue weighted by Gasteiger charge is -2.31. The summed E-state index contributed by atoms with van der Waals surface area (Å²) < 4.78 is 5.36. The van der Waals surface area contributed by atoms with Gasteiger partial charge in [-0.1, -0.05) is 38.3 Å². The van der Waals surface area contributed by atoms with Gasteiger partial charge in [-0.3, -0.25) is 0 Å². The summed E-state index contributed by atoms with van der Waals surface area (Å²) in [6, 6.07) is 2.78. The Balaban J connectivity index is 0.00000364. The number of aliphatic imine (C=N–C) groups is 1. The second-order valence-corrected chi connectivity index (χ2v) is 7.62. The molecule has 1 saturated carbocycles. The number of nitrogens with zero attached hydrogens (tertiary/aromatic N) is 3. The molecule has 0 saturated heterocycles. The Morgan fingerprint density at radius 2 is 2.04 bits per heavy atom. The first-order chi connectivity index (χ1) is 12.6. The van der Waals surface area contributed by atoms with Gasteiger partial charge in [0.2, 0.25) is 0 Å². The third kappa shape index (κ3) is 8.81. The fraction of sp³-hybridized carbons (Fsp3) is 0.800. The van der Waals surface area contributed by atoms with Gasteiger partial charge in [0.05, 0.1) is 5.69 Å². The highest BCUT2D eigenvalue weighted by Gasteiger charge is 2.17. The number of halogens is 1. The molecule has 0 unspecified atom stereocenters. The molecule has 1 aromatic heterocycles.